The molecule has 4 N–H and O–H groups in total. The van der Waals surface area contributed by atoms with E-state index in [9.17, 15) is 20.4 Å². The summed E-state index contributed by atoms with van der Waals surface area (Å²) in [4.78, 5) is 0. The van der Waals surface area contributed by atoms with Crippen LogP contribution in [0.15, 0.2) is 24.3 Å². The maximum atomic E-state index is 13.3. The van der Waals surface area contributed by atoms with Gasteiger partial charge in [0.2, 0.25) is 0 Å². The molecule has 0 atom stereocenters. The molecule has 0 saturated heterocycles. The molecule has 0 unspecified atom stereocenters. The van der Waals surface area contributed by atoms with Crippen LogP contribution in [0.1, 0.15) is 112 Å². The van der Waals surface area contributed by atoms with Crippen molar-refractivity contribution < 1.29 is 20.4 Å². The van der Waals surface area contributed by atoms with E-state index >= 15 is 0 Å². The van der Waals surface area contributed by atoms with Crippen molar-refractivity contribution in [3.05, 3.63) is 68.8 Å². The van der Waals surface area contributed by atoms with Crippen molar-refractivity contribution in [1.29, 1.82) is 0 Å². The second kappa shape index (κ2) is 14.4. The van der Waals surface area contributed by atoms with E-state index in [0.29, 0.717) is 12.8 Å². The number of unbranched alkanes of at least 4 members (excludes halogenated alkanes) is 2. The summed E-state index contributed by atoms with van der Waals surface area (Å²) in [6, 6.07) is 8.60. The molecule has 2 aromatic rings. The molecule has 4 nitrogen and oxygen atoms in total. The van der Waals surface area contributed by atoms with Gasteiger partial charge in [-0.25, -0.2) is 0 Å². The second-order valence-corrected chi connectivity index (χ2v) is 10.6. The highest BCUT2D eigenvalue weighted by atomic mass is 16.3. The van der Waals surface area contributed by atoms with Crippen LogP contribution in [0.2, 0.25) is 0 Å². The zero-order valence-electron chi connectivity index (χ0n) is 24.3. The van der Waals surface area contributed by atoms with Gasteiger partial charge in [0.1, 0.15) is 5.60 Å². The highest BCUT2D eigenvalue weighted by Crippen LogP contribution is 2.51. The van der Waals surface area contributed by atoms with E-state index < -0.39 is 30.8 Å². The quantitative estimate of drug-likeness (QED) is 0.228. The molecule has 2 aromatic carbocycles. The molecular formula is C33H52O4. The third-order valence-corrected chi connectivity index (χ3v) is 8.46. The number of benzene rings is 2. The van der Waals surface area contributed by atoms with Crippen LogP contribution in [0, 0.1) is 5.41 Å². The fourth-order valence-corrected chi connectivity index (χ4v) is 6.13. The van der Waals surface area contributed by atoms with Gasteiger partial charge in [-0.05, 0) is 95.9 Å². The Balaban J connectivity index is 3.19. The van der Waals surface area contributed by atoms with Crippen molar-refractivity contribution >= 4 is 0 Å². The molecule has 37 heavy (non-hydrogen) atoms. The minimum atomic E-state index is -1.76. The fourth-order valence-electron chi connectivity index (χ4n) is 6.13. The van der Waals surface area contributed by atoms with E-state index in [2.05, 4.69) is 65.8 Å². The Morgan fingerprint density at radius 3 is 1.16 bits per heavy atom. The summed E-state index contributed by atoms with van der Waals surface area (Å²) in [7, 11) is 0. The van der Waals surface area contributed by atoms with Gasteiger partial charge in [-0.2, -0.15) is 0 Å². The third-order valence-electron chi connectivity index (χ3n) is 8.46. The highest BCUT2D eigenvalue weighted by Gasteiger charge is 2.55. The first kappa shape index (κ1) is 31.5. The van der Waals surface area contributed by atoms with E-state index in [1.807, 2.05) is 0 Å². The number of rotatable bonds is 16. The molecule has 0 saturated carbocycles. The van der Waals surface area contributed by atoms with Gasteiger partial charge in [0, 0.05) is 0 Å². The van der Waals surface area contributed by atoms with Gasteiger partial charge in [-0.15, -0.1) is 0 Å². The summed E-state index contributed by atoms with van der Waals surface area (Å²) in [5.41, 5.74) is 4.82. The van der Waals surface area contributed by atoms with Crippen LogP contribution in [0.25, 0.3) is 0 Å². The second-order valence-electron chi connectivity index (χ2n) is 10.6. The van der Waals surface area contributed by atoms with Crippen molar-refractivity contribution in [3.8, 4) is 0 Å². The van der Waals surface area contributed by atoms with Crippen LogP contribution in [-0.2, 0) is 44.1 Å². The van der Waals surface area contributed by atoms with E-state index in [-0.39, 0.29) is 0 Å². The summed E-state index contributed by atoms with van der Waals surface area (Å²) in [5, 5.41) is 45.8. The third kappa shape index (κ3) is 5.83. The standard InChI is InChI=1S/C33H52O4/c1-7-13-15-26-19-17-24(9-3)30(28(26)11-5)33(37,32(21-34,22-35)23-36)31-25(10-4)18-20-27(16-14-8-2)29(31)12-6/h17-20,34-37H,7-16,21-23H2,1-6H3. The minimum Gasteiger partial charge on any atom is -0.395 e. The first-order valence-corrected chi connectivity index (χ1v) is 14.7. The molecule has 0 aliphatic rings. The zero-order valence-corrected chi connectivity index (χ0v) is 24.3. The van der Waals surface area contributed by atoms with E-state index in [1.165, 1.54) is 11.1 Å². The fraction of sp³-hybridized carbons (Fsp3) is 0.636. The van der Waals surface area contributed by atoms with Crippen LogP contribution < -0.4 is 0 Å². The summed E-state index contributed by atoms with van der Waals surface area (Å²) in [6.07, 6.45) is 8.93. The van der Waals surface area contributed by atoms with E-state index in [0.717, 1.165) is 84.7 Å². The number of hydrogen-bond donors (Lipinski definition) is 4. The van der Waals surface area contributed by atoms with E-state index in [4.69, 9.17) is 0 Å². The molecule has 0 bridgehead atoms. The van der Waals surface area contributed by atoms with Crippen LogP contribution in [-0.4, -0.2) is 40.2 Å². The Bertz CT molecular complexity index is 915. The minimum absolute atomic E-state index is 0.534. The Hall–Kier alpha value is -1.72. The maximum absolute atomic E-state index is 13.3. The van der Waals surface area contributed by atoms with Gasteiger partial charge in [0.25, 0.3) is 0 Å². The molecule has 0 amide bonds. The summed E-state index contributed by atoms with van der Waals surface area (Å²) in [6.45, 7) is 11.2. The Morgan fingerprint density at radius 1 is 0.541 bits per heavy atom. The molecule has 0 aliphatic heterocycles. The van der Waals surface area contributed by atoms with E-state index in [1.54, 1.807) is 0 Å². The molecule has 0 fully saturated rings. The van der Waals surface area contributed by atoms with Gasteiger partial charge in [-0.1, -0.05) is 78.6 Å². The predicted octanol–water partition coefficient (Wildman–Crippen LogP) is 5.82. The highest BCUT2D eigenvalue weighted by molar-refractivity contribution is 5.57. The molecule has 4 heteroatoms. The normalized spacial score (nSPS) is 12.4. The lowest BCUT2D eigenvalue weighted by Gasteiger charge is -2.48. The average Bonchev–Trinajstić information content (AvgIpc) is 2.94. The van der Waals surface area contributed by atoms with Crippen LogP contribution in [0.4, 0.5) is 0 Å². The van der Waals surface area contributed by atoms with Crippen LogP contribution in [0.3, 0.4) is 0 Å². The lowest BCUT2D eigenvalue weighted by molar-refractivity contribution is -0.137. The van der Waals surface area contributed by atoms with Gasteiger partial charge >= 0.3 is 0 Å². The zero-order chi connectivity index (χ0) is 27.6. The van der Waals surface area contributed by atoms with Crippen molar-refractivity contribution in [2.24, 2.45) is 5.41 Å². The summed E-state index contributed by atoms with van der Waals surface area (Å²) in [5.74, 6) is 0. The molecule has 0 heterocycles. The molecule has 2 rings (SSSR count). The van der Waals surface area contributed by atoms with Crippen molar-refractivity contribution in [2.75, 3.05) is 19.8 Å². The Kier molecular flexibility index (Phi) is 12.3. The molecular weight excluding hydrogens is 460 g/mol. The first-order chi connectivity index (χ1) is 17.8. The van der Waals surface area contributed by atoms with Crippen molar-refractivity contribution in [1.82, 2.24) is 0 Å². The number of aliphatic hydroxyl groups excluding tert-OH is 3. The SMILES string of the molecule is CCCCc1ccc(CC)c(C(O)(c2c(CC)ccc(CCCC)c2CC)C(CO)(CO)CO)c1CC. The Morgan fingerprint density at radius 2 is 0.892 bits per heavy atom. The van der Waals surface area contributed by atoms with Crippen molar-refractivity contribution in [3.63, 3.8) is 0 Å². The Labute approximate surface area is 225 Å². The monoisotopic (exact) mass is 512 g/mol. The van der Waals surface area contributed by atoms with Crippen LogP contribution >= 0.6 is 0 Å². The predicted molar refractivity (Wildman–Crippen MR) is 154 cm³/mol. The lowest BCUT2D eigenvalue weighted by atomic mass is 9.60. The molecule has 0 aromatic heterocycles. The first-order valence-electron chi connectivity index (χ1n) is 14.7. The maximum Gasteiger partial charge on any atom is 0.128 e. The average molecular weight is 513 g/mol. The number of hydrogen-bond acceptors (Lipinski definition) is 4. The smallest absolute Gasteiger partial charge is 0.128 e. The lowest BCUT2D eigenvalue weighted by Crippen LogP contribution is -2.56. The van der Waals surface area contributed by atoms with Gasteiger partial charge in [0.15, 0.2) is 0 Å². The largest absolute Gasteiger partial charge is 0.395 e. The summed E-state index contributed by atoms with van der Waals surface area (Å²) < 4.78 is 0. The van der Waals surface area contributed by atoms with Gasteiger partial charge in [-0.3, -0.25) is 0 Å². The molecule has 0 spiro atoms. The molecule has 0 aliphatic carbocycles. The van der Waals surface area contributed by atoms with Gasteiger partial charge in [0.05, 0.1) is 25.2 Å². The molecule has 0 radical (unpaired) electrons. The van der Waals surface area contributed by atoms with Crippen LogP contribution in [0.5, 0.6) is 0 Å². The number of aliphatic hydroxyl groups is 4. The van der Waals surface area contributed by atoms with Crippen molar-refractivity contribution in [2.45, 2.75) is 111 Å². The molecule has 208 valence electrons. The number of aryl methyl sites for hydroxylation is 4. The van der Waals surface area contributed by atoms with Gasteiger partial charge < -0.3 is 20.4 Å². The summed E-state index contributed by atoms with van der Waals surface area (Å²) >= 11 is 0. The topological polar surface area (TPSA) is 80.9 Å².